The Labute approximate surface area is 187 Å². The van der Waals surface area contributed by atoms with Crippen molar-refractivity contribution in [3.63, 3.8) is 0 Å². The number of nitrogens with zero attached hydrogens (tertiary/aromatic N) is 2. The minimum Gasteiger partial charge on any atom is -0.504 e. The molecule has 5 rings (SSSR count). The number of imide groups is 1. The number of fused-ring (bicyclic) bond motifs is 5. The van der Waals surface area contributed by atoms with Gasteiger partial charge in [-0.3, -0.25) is 19.3 Å². The molecule has 2 fully saturated rings. The first-order valence-electron chi connectivity index (χ1n) is 10.2. The Morgan fingerprint density at radius 1 is 1.13 bits per heavy atom. The Kier molecular flexibility index (Phi) is 4.89. The Morgan fingerprint density at radius 2 is 1.77 bits per heavy atom. The fourth-order valence-electron chi connectivity index (χ4n) is 5.13. The van der Waals surface area contributed by atoms with Crippen LogP contribution in [0.3, 0.4) is 0 Å². The summed E-state index contributed by atoms with van der Waals surface area (Å²) >= 11 is 3.40. The maximum atomic E-state index is 13.3. The van der Waals surface area contributed by atoms with E-state index in [0.29, 0.717) is 5.56 Å². The van der Waals surface area contributed by atoms with E-state index in [1.165, 1.54) is 17.2 Å². The second kappa shape index (κ2) is 7.60. The summed E-state index contributed by atoms with van der Waals surface area (Å²) in [7, 11) is 0. The van der Waals surface area contributed by atoms with Crippen LogP contribution in [0.25, 0.3) is 0 Å². The highest BCUT2D eigenvalue weighted by atomic mass is 79.9. The van der Waals surface area contributed by atoms with E-state index < -0.39 is 11.9 Å². The molecule has 5 unspecified atom stereocenters. The lowest BCUT2D eigenvalue weighted by atomic mass is 9.85. The van der Waals surface area contributed by atoms with Crippen LogP contribution in [-0.4, -0.2) is 32.7 Å². The number of aromatic nitrogens is 1. The Balaban J connectivity index is 1.45. The summed E-state index contributed by atoms with van der Waals surface area (Å²) in [5.74, 6) is -1.42. The van der Waals surface area contributed by atoms with Crippen LogP contribution in [0.1, 0.15) is 24.4 Å². The largest absolute Gasteiger partial charge is 0.504 e. The highest BCUT2D eigenvalue weighted by Gasteiger charge is 2.60. The van der Waals surface area contributed by atoms with Crippen molar-refractivity contribution in [1.29, 1.82) is 0 Å². The van der Waals surface area contributed by atoms with Crippen molar-refractivity contribution in [2.45, 2.75) is 18.9 Å². The van der Waals surface area contributed by atoms with Gasteiger partial charge >= 0.3 is 0 Å². The number of anilines is 1. The number of rotatable bonds is 5. The van der Waals surface area contributed by atoms with Crippen LogP contribution < -0.4 is 5.32 Å². The zero-order valence-corrected chi connectivity index (χ0v) is 18.0. The van der Waals surface area contributed by atoms with Crippen LogP contribution in [0.2, 0.25) is 0 Å². The molecule has 7 nitrogen and oxygen atoms in total. The summed E-state index contributed by atoms with van der Waals surface area (Å²) in [6.45, 7) is 0. The lowest BCUT2D eigenvalue weighted by Gasteiger charge is -2.28. The molecule has 31 heavy (non-hydrogen) atoms. The van der Waals surface area contributed by atoms with Crippen molar-refractivity contribution in [3.05, 3.63) is 64.8 Å². The Hall–Kier alpha value is -3.00. The lowest BCUT2D eigenvalue weighted by Crippen LogP contribution is -2.38. The molecule has 5 atom stereocenters. The van der Waals surface area contributed by atoms with E-state index in [4.69, 9.17) is 0 Å². The van der Waals surface area contributed by atoms with Gasteiger partial charge < -0.3 is 10.4 Å². The number of aromatic hydroxyl groups is 1. The number of allylic oxidation sites excluding steroid dienone is 2. The predicted molar refractivity (Wildman–Crippen MR) is 116 cm³/mol. The topological polar surface area (TPSA) is 99.6 Å². The molecule has 158 valence electrons. The van der Waals surface area contributed by atoms with Gasteiger partial charge in [0, 0.05) is 10.7 Å². The Morgan fingerprint density at radius 3 is 2.39 bits per heavy atom. The number of carbonyl (C=O) groups excluding carboxylic acids is 3. The van der Waals surface area contributed by atoms with Crippen molar-refractivity contribution >= 4 is 39.5 Å². The van der Waals surface area contributed by atoms with E-state index in [1.54, 1.807) is 6.07 Å². The van der Waals surface area contributed by atoms with Gasteiger partial charge in [-0.25, -0.2) is 4.98 Å². The molecule has 3 aliphatic rings. The average Bonchev–Trinajstić information content (AvgIpc) is 3.43. The van der Waals surface area contributed by atoms with Gasteiger partial charge in [-0.05, 0) is 48.1 Å². The fraction of sp³-hybridized carbons (Fsp3) is 0.304. The highest BCUT2D eigenvalue weighted by molar-refractivity contribution is 9.10. The third-order valence-electron chi connectivity index (χ3n) is 6.49. The summed E-state index contributed by atoms with van der Waals surface area (Å²) in [5.41, 5.74) is 0.700. The van der Waals surface area contributed by atoms with Gasteiger partial charge in [0.2, 0.25) is 17.7 Å². The van der Waals surface area contributed by atoms with Gasteiger partial charge in [0.15, 0.2) is 11.6 Å². The second-order valence-corrected chi connectivity index (χ2v) is 9.15. The van der Waals surface area contributed by atoms with Crippen molar-refractivity contribution in [1.82, 2.24) is 9.88 Å². The van der Waals surface area contributed by atoms with Crippen molar-refractivity contribution in [3.8, 4) is 5.75 Å². The van der Waals surface area contributed by atoms with Gasteiger partial charge in [-0.2, -0.15) is 0 Å². The maximum absolute atomic E-state index is 13.3. The third kappa shape index (κ3) is 3.35. The van der Waals surface area contributed by atoms with E-state index in [9.17, 15) is 19.5 Å². The lowest BCUT2D eigenvalue weighted by molar-refractivity contribution is -0.144. The Bertz CT molecular complexity index is 1070. The molecule has 1 saturated carbocycles. The van der Waals surface area contributed by atoms with Crippen LogP contribution in [0.5, 0.6) is 5.75 Å². The number of amides is 3. The zero-order valence-electron chi connectivity index (χ0n) is 16.4. The first-order valence-corrected chi connectivity index (χ1v) is 11.0. The van der Waals surface area contributed by atoms with E-state index in [2.05, 4.69) is 26.2 Å². The van der Waals surface area contributed by atoms with Crippen molar-refractivity contribution in [2.24, 2.45) is 23.7 Å². The van der Waals surface area contributed by atoms with E-state index in [1.807, 2.05) is 36.4 Å². The normalized spacial score (nSPS) is 26.9. The smallest absolute Gasteiger partial charge is 0.234 e. The quantitative estimate of drug-likeness (QED) is 0.503. The van der Waals surface area contributed by atoms with Crippen LogP contribution in [-0.2, 0) is 14.4 Å². The van der Waals surface area contributed by atoms with Crippen LogP contribution in [0.15, 0.2) is 59.2 Å². The number of pyridine rings is 1. The highest BCUT2D eigenvalue weighted by Crippen LogP contribution is 2.54. The average molecular weight is 482 g/mol. The molecule has 8 heteroatoms. The molecular weight excluding hydrogens is 462 g/mol. The van der Waals surface area contributed by atoms with E-state index in [-0.39, 0.29) is 53.5 Å². The molecule has 1 aromatic carbocycles. The molecule has 1 aliphatic heterocycles. The second-order valence-electron chi connectivity index (χ2n) is 8.24. The number of likely N-dealkylation sites (tertiary alicyclic amines) is 1. The summed E-state index contributed by atoms with van der Waals surface area (Å²) in [6.07, 6.45) is 6.27. The van der Waals surface area contributed by atoms with E-state index >= 15 is 0 Å². The molecule has 0 radical (unpaired) electrons. The number of carbonyl (C=O) groups is 3. The molecule has 2 aromatic rings. The van der Waals surface area contributed by atoms with Gasteiger partial charge in [0.25, 0.3) is 0 Å². The SMILES string of the molecule is O=C(CC(c1ccc(Br)cc1)N1C(=O)C2C3C=CC(C3)C2C1=O)Nc1ncccc1O. The first kappa shape index (κ1) is 19.9. The molecule has 1 saturated heterocycles. The van der Waals surface area contributed by atoms with Crippen molar-refractivity contribution in [2.75, 3.05) is 5.32 Å². The van der Waals surface area contributed by atoms with Crippen LogP contribution >= 0.6 is 15.9 Å². The minimum atomic E-state index is -0.732. The summed E-state index contributed by atoms with van der Waals surface area (Å²) in [4.78, 5) is 44.8. The molecule has 1 aromatic heterocycles. The molecule has 0 spiro atoms. The molecule has 2 heterocycles. The number of hydrogen-bond donors (Lipinski definition) is 2. The molecule has 2 N–H and O–H groups in total. The number of benzene rings is 1. The minimum absolute atomic E-state index is 0.0419. The van der Waals surface area contributed by atoms with Crippen LogP contribution in [0.4, 0.5) is 5.82 Å². The number of nitrogens with one attached hydrogen (secondary N) is 1. The van der Waals surface area contributed by atoms with Gasteiger partial charge in [0.05, 0.1) is 24.3 Å². The monoisotopic (exact) mass is 481 g/mol. The summed E-state index contributed by atoms with van der Waals surface area (Å²) in [6, 6.07) is 9.50. The molecule has 2 aliphatic carbocycles. The van der Waals surface area contributed by atoms with Crippen LogP contribution in [0, 0.1) is 23.7 Å². The van der Waals surface area contributed by atoms with Crippen molar-refractivity contribution < 1.29 is 19.5 Å². The predicted octanol–water partition coefficient (Wildman–Crippen LogP) is 3.43. The summed E-state index contributed by atoms with van der Waals surface area (Å²) < 4.78 is 0.857. The van der Waals surface area contributed by atoms with E-state index in [0.717, 1.165) is 10.9 Å². The summed E-state index contributed by atoms with van der Waals surface area (Å²) in [5, 5.41) is 12.5. The molecule has 3 amide bonds. The first-order chi connectivity index (χ1) is 14.9. The maximum Gasteiger partial charge on any atom is 0.234 e. The zero-order chi connectivity index (χ0) is 21.7. The fourth-order valence-corrected chi connectivity index (χ4v) is 5.39. The van der Waals surface area contributed by atoms with Gasteiger partial charge in [0.1, 0.15) is 0 Å². The number of hydrogen-bond acceptors (Lipinski definition) is 5. The molecule has 2 bridgehead atoms. The van der Waals surface area contributed by atoms with Gasteiger partial charge in [-0.15, -0.1) is 0 Å². The third-order valence-corrected chi connectivity index (χ3v) is 7.02. The standard InChI is InChI=1S/C23H20BrN3O4/c24-15-7-5-12(6-8-15)16(11-18(29)26-21-17(28)2-1-9-25-21)27-22(30)19-13-3-4-14(10-13)20(19)23(27)31/h1-9,13-14,16,19-20,28H,10-11H2,(H,25,26,29). The number of halogens is 1. The molecular formula is C23H20BrN3O4. The van der Waals surface area contributed by atoms with Gasteiger partial charge in [-0.1, -0.05) is 40.2 Å².